The summed E-state index contributed by atoms with van der Waals surface area (Å²) in [5.74, 6) is 7.02. The van der Waals surface area contributed by atoms with Gasteiger partial charge in [-0.25, -0.2) is 0 Å². The van der Waals surface area contributed by atoms with Crippen molar-refractivity contribution < 1.29 is 9.84 Å². The van der Waals surface area contributed by atoms with E-state index in [1.54, 1.807) is 6.20 Å². The molecular formula is C21H28N2O2. The minimum Gasteiger partial charge on any atom is -0.398 e. The topological polar surface area (TPSA) is 67.5 Å². The SMILES string of the molecule is Cc1ccc(C#CC2CC2)cc1C(O)/C(N)=C/NCC1CCCCO1. The van der Waals surface area contributed by atoms with Crippen LogP contribution in [0.15, 0.2) is 30.1 Å². The summed E-state index contributed by atoms with van der Waals surface area (Å²) < 4.78 is 5.68. The molecule has 1 aliphatic carbocycles. The molecule has 4 nitrogen and oxygen atoms in total. The molecule has 0 aromatic heterocycles. The average molecular weight is 340 g/mol. The van der Waals surface area contributed by atoms with Gasteiger partial charge in [0.25, 0.3) is 0 Å². The van der Waals surface area contributed by atoms with Crippen LogP contribution < -0.4 is 11.1 Å². The Labute approximate surface area is 150 Å². The summed E-state index contributed by atoms with van der Waals surface area (Å²) in [7, 11) is 0. The first-order valence-electron chi connectivity index (χ1n) is 9.24. The minimum atomic E-state index is -0.831. The first-order valence-corrected chi connectivity index (χ1v) is 9.24. The summed E-state index contributed by atoms with van der Waals surface area (Å²) in [5, 5.41) is 13.8. The molecule has 134 valence electrons. The fraction of sp³-hybridized carbons (Fsp3) is 0.524. The van der Waals surface area contributed by atoms with Gasteiger partial charge in [-0.1, -0.05) is 17.9 Å². The van der Waals surface area contributed by atoms with E-state index in [0.717, 1.165) is 42.7 Å². The van der Waals surface area contributed by atoms with E-state index in [-0.39, 0.29) is 6.10 Å². The number of aliphatic hydroxyl groups is 1. The van der Waals surface area contributed by atoms with Crippen LogP contribution in [0.5, 0.6) is 0 Å². The van der Waals surface area contributed by atoms with Crippen LogP contribution in [-0.4, -0.2) is 24.4 Å². The third-order valence-electron chi connectivity index (χ3n) is 4.78. The Morgan fingerprint density at radius 1 is 1.40 bits per heavy atom. The summed E-state index contributed by atoms with van der Waals surface area (Å²) in [6, 6.07) is 5.94. The predicted molar refractivity (Wildman–Crippen MR) is 99.6 cm³/mol. The standard InChI is InChI=1S/C21H28N2O2/c1-15-5-6-17(10-9-16-7-8-16)12-19(15)21(24)20(22)14-23-13-18-4-2-3-11-25-18/h5-6,12,14,16,18,21,23-24H,2-4,7-8,11,13,22H2,1H3/b20-14-. The van der Waals surface area contributed by atoms with E-state index in [0.29, 0.717) is 11.6 Å². The summed E-state index contributed by atoms with van der Waals surface area (Å²) in [4.78, 5) is 0. The Morgan fingerprint density at radius 3 is 2.96 bits per heavy atom. The number of nitrogens with two attached hydrogens (primary N) is 1. The number of hydrogen-bond acceptors (Lipinski definition) is 4. The molecule has 1 aromatic carbocycles. The van der Waals surface area contributed by atoms with Crippen LogP contribution in [0.2, 0.25) is 0 Å². The first-order chi connectivity index (χ1) is 12.1. The molecule has 1 saturated carbocycles. The Hall–Kier alpha value is -1.96. The number of ether oxygens (including phenoxy) is 1. The van der Waals surface area contributed by atoms with Crippen LogP contribution in [0.3, 0.4) is 0 Å². The minimum absolute atomic E-state index is 0.234. The zero-order valence-corrected chi connectivity index (χ0v) is 14.9. The van der Waals surface area contributed by atoms with Gasteiger partial charge in [0, 0.05) is 30.8 Å². The van der Waals surface area contributed by atoms with Crippen molar-refractivity contribution in [1.29, 1.82) is 0 Å². The number of nitrogens with one attached hydrogen (secondary N) is 1. The molecule has 4 heteroatoms. The molecule has 1 aliphatic heterocycles. The molecule has 0 radical (unpaired) electrons. The fourth-order valence-electron chi connectivity index (χ4n) is 2.96. The van der Waals surface area contributed by atoms with Crippen LogP contribution in [0.1, 0.15) is 54.9 Å². The van der Waals surface area contributed by atoms with E-state index in [1.807, 2.05) is 25.1 Å². The van der Waals surface area contributed by atoms with Crippen molar-refractivity contribution in [2.24, 2.45) is 11.7 Å². The van der Waals surface area contributed by atoms with Crippen LogP contribution in [0.4, 0.5) is 0 Å². The lowest BCUT2D eigenvalue weighted by molar-refractivity contribution is 0.0187. The van der Waals surface area contributed by atoms with Gasteiger partial charge in [-0.2, -0.15) is 0 Å². The van der Waals surface area contributed by atoms with Crippen molar-refractivity contribution in [3.63, 3.8) is 0 Å². The number of benzene rings is 1. The molecule has 1 saturated heterocycles. The van der Waals surface area contributed by atoms with Gasteiger partial charge in [-0.05, 0) is 62.3 Å². The van der Waals surface area contributed by atoms with Crippen molar-refractivity contribution in [2.45, 2.75) is 51.2 Å². The second-order valence-electron chi connectivity index (χ2n) is 7.06. The van der Waals surface area contributed by atoms with E-state index in [2.05, 4.69) is 17.2 Å². The maximum atomic E-state index is 10.6. The Kier molecular flexibility index (Phi) is 6.01. The highest BCUT2D eigenvalue weighted by Crippen LogP contribution is 2.28. The van der Waals surface area contributed by atoms with Crippen LogP contribution in [-0.2, 0) is 4.74 Å². The van der Waals surface area contributed by atoms with E-state index >= 15 is 0 Å². The lowest BCUT2D eigenvalue weighted by Gasteiger charge is -2.22. The Morgan fingerprint density at radius 2 is 2.24 bits per heavy atom. The van der Waals surface area contributed by atoms with Crippen molar-refractivity contribution in [2.75, 3.05) is 13.2 Å². The zero-order chi connectivity index (χ0) is 17.6. The molecule has 2 atom stereocenters. The highest BCUT2D eigenvalue weighted by molar-refractivity contribution is 5.43. The van der Waals surface area contributed by atoms with E-state index in [1.165, 1.54) is 19.3 Å². The van der Waals surface area contributed by atoms with E-state index < -0.39 is 6.10 Å². The molecule has 25 heavy (non-hydrogen) atoms. The number of aryl methyl sites for hydroxylation is 1. The van der Waals surface area contributed by atoms with Crippen LogP contribution >= 0.6 is 0 Å². The van der Waals surface area contributed by atoms with Crippen molar-refractivity contribution in [3.05, 3.63) is 46.8 Å². The molecule has 0 bridgehead atoms. The Bertz CT molecular complexity index is 677. The number of hydrogen-bond donors (Lipinski definition) is 3. The number of rotatable bonds is 5. The molecule has 1 heterocycles. The summed E-state index contributed by atoms with van der Waals surface area (Å²) in [6.07, 6.45) is 6.95. The van der Waals surface area contributed by atoms with Gasteiger partial charge in [0.1, 0.15) is 6.10 Å². The third-order valence-corrected chi connectivity index (χ3v) is 4.78. The van der Waals surface area contributed by atoms with Crippen LogP contribution in [0, 0.1) is 24.7 Å². The molecule has 0 spiro atoms. The van der Waals surface area contributed by atoms with Crippen LogP contribution in [0.25, 0.3) is 0 Å². The second-order valence-corrected chi connectivity index (χ2v) is 7.06. The fourth-order valence-corrected chi connectivity index (χ4v) is 2.96. The lowest BCUT2D eigenvalue weighted by Crippen LogP contribution is -2.30. The molecule has 4 N–H and O–H groups in total. The van der Waals surface area contributed by atoms with Gasteiger partial charge >= 0.3 is 0 Å². The summed E-state index contributed by atoms with van der Waals surface area (Å²) >= 11 is 0. The van der Waals surface area contributed by atoms with Gasteiger partial charge in [0.05, 0.1) is 11.8 Å². The van der Waals surface area contributed by atoms with Crippen molar-refractivity contribution >= 4 is 0 Å². The van der Waals surface area contributed by atoms with E-state index in [9.17, 15) is 5.11 Å². The summed E-state index contributed by atoms with van der Waals surface area (Å²) in [6.45, 7) is 3.54. The Balaban J connectivity index is 1.62. The predicted octanol–water partition coefficient (Wildman–Crippen LogP) is 2.75. The molecule has 2 fully saturated rings. The van der Waals surface area contributed by atoms with Gasteiger partial charge in [-0.15, -0.1) is 0 Å². The maximum absolute atomic E-state index is 10.6. The molecule has 3 rings (SSSR count). The monoisotopic (exact) mass is 340 g/mol. The summed E-state index contributed by atoms with van der Waals surface area (Å²) in [5.41, 5.74) is 9.25. The highest BCUT2D eigenvalue weighted by atomic mass is 16.5. The largest absolute Gasteiger partial charge is 0.398 e. The molecule has 2 unspecified atom stereocenters. The van der Waals surface area contributed by atoms with Gasteiger partial charge in [-0.3, -0.25) is 0 Å². The molecular weight excluding hydrogens is 312 g/mol. The smallest absolute Gasteiger partial charge is 0.120 e. The lowest BCUT2D eigenvalue weighted by atomic mass is 9.99. The third kappa shape index (κ3) is 5.26. The molecule has 2 aliphatic rings. The quantitative estimate of drug-likeness (QED) is 0.721. The highest BCUT2D eigenvalue weighted by Gasteiger charge is 2.18. The van der Waals surface area contributed by atoms with Crippen molar-refractivity contribution in [1.82, 2.24) is 5.32 Å². The molecule has 0 amide bonds. The average Bonchev–Trinajstić information content (AvgIpc) is 3.45. The van der Waals surface area contributed by atoms with Gasteiger partial charge in [0.15, 0.2) is 0 Å². The zero-order valence-electron chi connectivity index (χ0n) is 14.9. The second kappa shape index (κ2) is 8.42. The number of aliphatic hydroxyl groups excluding tert-OH is 1. The first kappa shape index (κ1) is 17.8. The normalized spacial score (nSPS) is 22.0. The van der Waals surface area contributed by atoms with Crippen molar-refractivity contribution in [3.8, 4) is 11.8 Å². The van der Waals surface area contributed by atoms with E-state index in [4.69, 9.17) is 10.5 Å². The van der Waals surface area contributed by atoms with Gasteiger partial charge in [0.2, 0.25) is 0 Å². The molecule has 1 aromatic rings. The maximum Gasteiger partial charge on any atom is 0.120 e. The van der Waals surface area contributed by atoms with Gasteiger partial charge < -0.3 is 20.9 Å².